The van der Waals surface area contributed by atoms with Crippen molar-refractivity contribution in [1.29, 1.82) is 0 Å². The number of rotatable bonds is 5. The molecule has 0 aliphatic rings. The molecule has 0 bridgehead atoms. The number of nitrogens with zero attached hydrogens (tertiary/aromatic N) is 3. The van der Waals surface area contributed by atoms with Crippen molar-refractivity contribution in [3.8, 4) is 0 Å². The van der Waals surface area contributed by atoms with Crippen LogP contribution in [0.25, 0.3) is 0 Å². The molecular formula is C12H12N4O2S2. The molecule has 1 heterocycles. The van der Waals surface area contributed by atoms with Crippen molar-refractivity contribution in [2.75, 3.05) is 18.6 Å². The van der Waals surface area contributed by atoms with E-state index in [1.54, 1.807) is 31.3 Å². The van der Waals surface area contributed by atoms with E-state index in [4.69, 9.17) is 0 Å². The number of hydrogen-bond donors (Lipinski definition) is 1. The van der Waals surface area contributed by atoms with Crippen LogP contribution in [0.4, 0.5) is 11.5 Å². The van der Waals surface area contributed by atoms with E-state index < -0.39 is 4.92 Å². The van der Waals surface area contributed by atoms with Crippen molar-refractivity contribution in [3.05, 3.63) is 40.4 Å². The monoisotopic (exact) mass is 308 g/mol. The minimum atomic E-state index is -0.391. The summed E-state index contributed by atoms with van der Waals surface area (Å²) in [5.74, 6) is 0.686. The SMILES string of the molecule is CNc1cc(Sc2ccccc2[N+](=O)[O-])nc(SC)n1. The number of thioether (sulfide) groups is 1. The summed E-state index contributed by atoms with van der Waals surface area (Å²) >= 11 is 2.68. The molecule has 0 unspecified atom stereocenters. The third-order valence-electron chi connectivity index (χ3n) is 2.40. The maximum atomic E-state index is 11.0. The van der Waals surface area contributed by atoms with Gasteiger partial charge in [0.15, 0.2) is 5.16 Å². The van der Waals surface area contributed by atoms with Crippen LogP contribution in [0.5, 0.6) is 0 Å². The van der Waals surface area contributed by atoms with Crippen LogP contribution in [0.2, 0.25) is 0 Å². The minimum absolute atomic E-state index is 0.0767. The Bertz CT molecular complexity index is 614. The van der Waals surface area contributed by atoms with E-state index in [0.717, 1.165) is 0 Å². The summed E-state index contributed by atoms with van der Waals surface area (Å²) in [7, 11) is 1.77. The second-order valence-corrected chi connectivity index (χ2v) is 5.49. The van der Waals surface area contributed by atoms with Crippen molar-refractivity contribution in [1.82, 2.24) is 9.97 Å². The van der Waals surface area contributed by atoms with Gasteiger partial charge in [-0.15, -0.1) is 0 Å². The number of para-hydroxylation sites is 1. The molecule has 6 nitrogen and oxygen atoms in total. The second-order valence-electron chi connectivity index (χ2n) is 3.66. The molecular weight excluding hydrogens is 296 g/mol. The Labute approximate surface area is 124 Å². The fourth-order valence-corrected chi connectivity index (χ4v) is 2.84. The van der Waals surface area contributed by atoms with E-state index in [-0.39, 0.29) is 5.69 Å². The molecule has 20 heavy (non-hydrogen) atoms. The van der Waals surface area contributed by atoms with Crippen LogP contribution in [0, 0.1) is 10.1 Å². The van der Waals surface area contributed by atoms with E-state index in [1.807, 2.05) is 6.26 Å². The predicted octanol–water partition coefficient (Wildman–Crippen LogP) is 3.30. The zero-order chi connectivity index (χ0) is 14.5. The zero-order valence-electron chi connectivity index (χ0n) is 10.9. The first-order valence-electron chi connectivity index (χ1n) is 5.66. The first-order valence-corrected chi connectivity index (χ1v) is 7.70. The summed E-state index contributed by atoms with van der Waals surface area (Å²) in [6.07, 6.45) is 1.88. The molecule has 2 aromatic rings. The Morgan fingerprint density at radius 1 is 1.30 bits per heavy atom. The van der Waals surface area contributed by atoms with Gasteiger partial charge in [0.2, 0.25) is 0 Å². The van der Waals surface area contributed by atoms with Crippen LogP contribution in [0.1, 0.15) is 0 Å². The van der Waals surface area contributed by atoms with Crippen LogP contribution < -0.4 is 5.32 Å². The maximum absolute atomic E-state index is 11.0. The first-order chi connectivity index (χ1) is 9.63. The first kappa shape index (κ1) is 14.6. The lowest BCUT2D eigenvalue weighted by atomic mass is 10.3. The van der Waals surface area contributed by atoms with E-state index >= 15 is 0 Å². The Hall–Kier alpha value is -1.80. The van der Waals surface area contributed by atoms with Gasteiger partial charge in [-0.05, 0) is 12.3 Å². The molecule has 0 fully saturated rings. The highest BCUT2D eigenvalue weighted by Gasteiger charge is 2.15. The largest absolute Gasteiger partial charge is 0.373 e. The number of hydrogen-bond acceptors (Lipinski definition) is 7. The molecule has 0 saturated carbocycles. The molecule has 1 aromatic carbocycles. The van der Waals surface area contributed by atoms with E-state index in [9.17, 15) is 10.1 Å². The highest BCUT2D eigenvalue weighted by Crippen LogP contribution is 2.34. The van der Waals surface area contributed by atoms with Gasteiger partial charge < -0.3 is 5.32 Å². The van der Waals surface area contributed by atoms with Crippen molar-refractivity contribution in [3.63, 3.8) is 0 Å². The van der Waals surface area contributed by atoms with Gasteiger partial charge in [0.05, 0.1) is 9.82 Å². The normalized spacial score (nSPS) is 10.3. The molecule has 0 atom stereocenters. The van der Waals surface area contributed by atoms with Gasteiger partial charge >= 0.3 is 0 Å². The average molecular weight is 308 g/mol. The highest BCUT2D eigenvalue weighted by molar-refractivity contribution is 7.99. The van der Waals surface area contributed by atoms with E-state index in [2.05, 4.69) is 15.3 Å². The second kappa shape index (κ2) is 6.58. The van der Waals surface area contributed by atoms with Crippen molar-refractivity contribution in [2.24, 2.45) is 0 Å². The van der Waals surface area contributed by atoms with Crippen LogP contribution in [0.3, 0.4) is 0 Å². The topological polar surface area (TPSA) is 81.0 Å². The lowest BCUT2D eigenvalue weighted by Gasteiger charge is -2.06. The predicted molar refractivity (Wildman–Crippen MR) is 80.6 cm³/mol. The van der Waals surface area contributed by atoms with Gasteiger partial charge in [-0.1, -0.05) is 35.7 Å². The molecule has 0 spiro atoms. The molecule has 0 amide bonds. The number of nitrogens with one attached hydrogen (secondary N) is 1. The summed E-state index contributed by atoms with van der Waals surface area (Å²) in [4.78, 5) is 19.8. The smallest absolute Gasteiger partial charge is 0.283 e. The number of aromatic nitrogens is 2. The lowest BCUT2D eigenvalue weighted by molar-refractivity contribution is -0.387. The molecule has 1 aromatic heterocycles. The fourth-order valence-electron chi connectivity index (χ4n) is 1.48. The standard InChI is InChI=1S/C12H12N4O2S2/c1-13-10-7-11(15-12(14-10)19-2)20-9-6-4-3-5-8(9)16(17)18/h3-7H,1-2H3,(H,13,14,15). The van der Waals surface area contributed by atoms with Crippen molar-refractivity contribution in [2.45, 2.75) is 15.1 Å². The summed E-state index contributed by atoms with van der Waals surface area (Å²) in [5, 5.41) is 15.2. The molecule has 0 aliphatic carbocycles. The molecule has 104 valence electrons. The van der Waals surface area contributed by atoms with E-state index in [1.165, 1.54) is 29.6 Å². The lowest BCUT2D eigenvalue weighted by Crippen LogP contribution is -1.97. The highest BCUT2D eigenvalue weighted by atomic mass is 32.2. The number of nitro groups is 1. The maximum Gasteiger partial charge on any atom is 0.283 e. The van der Waals surface area contributed by atoms with Crippen LogP contribution in [0.15, 0.2) is 45.4 Å². The van der Waals surface area contributed by atoms with Crippen LogP contribution in [-0.4, -0.2) is 28.2 Å². The summed E-state index contributed by atoms with van der Waals surface area (Å²) in [6, 6.07) is 8.38. The van der Waals surface area contributed by atoms with Crippen LogP contribution >= 0.6 is 23.5 Å². The van der Waals surface area contributed by atoms with Crippen molar-refractivity contribution >= 4 is 35.0 Å². The fraction of sp³-hybridized carbons (Fsp3) is 0.167. The third kappa shape index (κ3) is 3.40. The Balaban J connectivity index is 2.37. The molecule has 2 rings (SSSR count). The summed E-state index contributed by atoms with van der Waals surface area (Å²) in [6.45, 7) is 0. The molecule has 8 heteroatoms. The van der Waals surface area contributed by atoms with Gasteiger partial charge in [0.1, 0.15) is 10.8 Å². The summed E-state index contributed by atoms with van der Waals surface area (Å²) < 4.78 is 0. The molecule has 0 aliphatic heterocycles. The summed E-state index contributed by atoms with van der Waals surface area (Å²) in [5.41, 5.74) is 0.0767. The van der Waals surface area contributed by atoms with Crippen molar-refractivity contribution < 1.29 is 4.92 Å². The number of benzene rings is 1. The molecule has 0 saturated heterocycles. The molecule has 0 radical (unpaired) electrons. The zero-order valence-corrected chi connectivity index (χ0v) is 12.5. The third-order valence-corrected chi connectivity index (χ3v) is 3.93. The van der Waals surface area contributed by atoms with Gasteiger partial charge in [-0.2, -0.15) is 0 Å². The minimum Gasteiger partial charge on any atom is -0.373 e. The Morgan fingerprint density at radius 3 is 2.70 bits per heavy atom. The van der Waals surface area contributed by atoms with Gasteiger partial charge in [0, 0.05) is 19.2 Å². The van der Waals surface area contributed by atoms with Gasteiger partial charge in [-0.3, -0.25) is 10.1 Å². The van der Waals surface area contributed by atoms with E-state index in [0.29, 0.717) is 20.9 Å². The van der Waals surface area contributed by atoms with Gasteiger partial charge in [-0.25, -0.2) is 9.97 Å². The van der Waals surface area contributed by atoms with Crippen LogP contribution in [-0.2, 0) is 0 Å². The number of anilines is 1. The molecule has 1 N–H and O–H groups in total. The van der Waals surface area contributed by atoms with Gasteiger partial charge in [0.25, 0.3) is 5.69 Å². The quantitative estimate of drug-likeness (QED) is 0.298. The average Bonchev–Trinajstić information content (AvgIpc) is 2.47. The number of nitro benzene ring substituents is 1. The Kier molecular flexibility index (Phi) is 4.80. The Morgan fingerprint density at radius 2 is 2.05 bits per heavy atom.